The maximum atomic E-state index is 12.8. The average molecular weight is 443 g/mol. The summed E-state index contributed by atoms with van der Waals surface area (Å²) in [6, 6.07) is 8.38. The maximum Gasteiger partial charge on any atom is 0.290 e. The molecule has 2 aromatic rings. The maximum absolute atomic E-state index is 12.8. The highest BCUT2D eigenvalue weighted by Crippen LogP contribution is 2.50. The molecule has 1 spiro atoms. The summed E-state index contributed by atoms with van der Waals surface area (Å²) in [5.74, 6) is -0.0527. The Morgan fingerprint density at radius 1 is 1.27 bits per heavy atom. The highest BCUT2D eigenvalue weighted by molar-refractivity contribution is 6.04. The number of imidazole rings is 1. The highest BCUT2D eigenvalue weighted by Gasteiger charge is 2.35. The van der Waals surface area contributed by atoms with Gasteiger partial charge in [0.1, 0.15) is 6.07 Å². The second-order valence-electron chi connectivity index (χ2n) is 9.56. The predicted molar refractivity (Wildman–Crippen MR) is 127 cm³/mol. The van der Waals surface area contributed by atoms with Crippen LogP contribution in [0.25, 0.3) is 5.57 Å². The van der Waals surface area contributed by atoms with E-state index in [1.807, 2.05) is 18.6 Å². The van der Waals surface area contributed by atoms with Crippen molar-refractivity contribution in [3.8, 4) is 6.07 Å². The molecule has 1 atom stereocenters. The van der Waals surface area contributed by atoms with Gasteiger partial charge >= 0.3 is 0 Å². The summed E-state index contributed by atoms with van der Waals surface area (Å²) in [7, 11) is 0. The normalized spacial score (nSPS) is 21.2. The van der Waals surface area contributed by atoms with Gasteiger partial charge in [-0.15, -0.1) is 0 Å². The van der Waals surface area contributed by atoms with Crippen LogP contribution >= 0.6 is 0 Å². The van der Waals surface area contributed by atoms with Crippen LogP contribution in [0.4, 0.5) is 5.69 Å². The van der Waals surface area contributed by atoms with Gasteiger partial charge in [0, 0.05) is 36.6 Å². The Balaban J connectivity index is 1.38. The molecule has 1 N–H and O–H groups in total. The first-order valence-electron chi connectivity index (χ1n) is 12.0. The minimum absolute atomic E-state index is 0.235. The molecule has 1 aliphatic heterocycles. The Hall–Kier alpha value is -3.33. The lowest BCUT2D eigenvalue weighted by Gasteiger charge is -2.33. The molecule has 170 valence electrons. The number of nitrogens with zero attached hydrogens (tertiary/aromatic N) is 3. The number of hydrogen-bond donors (Lipinski definition) is 1. The van der Waals surface area contributed by atoms with Crippen molar-refractivity contribution in [2.45, 2.75) is 70.4 Å². The van der Waals surface area contributed by atoms with E-state index < -0.39 is 6.10 Å². The third kappa shape index (κ3) is 4.73. The topological polar surface area (TPSA) is 79.9 Å². The number of carbonyl (C=O) groups is 1. The predicted octanol–water partition coefficient (Wildman–Crippen LogP) is 5.39. The van der Waals surface area contributed by atoms with Crippen molar-refractivity contribution >= 4 is 17.2 Å². The van der Waals surface area contributed by atoms with E-state index in [0.29, 0.717) is 11.8 Å². The fourth-order valence-corrected chi connectivity index (χ4v) is 5.44. The number of aryl methyl sites for hydroxylation is 2. The van der Waals surface area contributed by atoms with Crippen molar-refractivity contribution in [3.63, 3.8) is 0 Å². The molecule has 2 aliphatic carbocycles. The third-order valence-corrected chi connectivity index (χ3v) is 7.42. The van der Waals surface area contributed by atoms with Gasteiger partial charge in [0.2, 0.25) is 0 Å². The smallest absolute Gasteiger partial charge is 0.290 e. The Bertz CT molecular complexity index is 1120. The fraction of sp³-hybridized carbons (Fsp3) is 0.444. The summed E-state index contributed by atoms with van der Waals surface area (Å²) in [5, 5.41) is 12.1. The molecule has 1 aromatic heterocycles. The molecule has 1 aromatic carbocycles. The largest absolute Gasteiger partial charge is 0.470 e. The van der Waals surface area contributed by atoms with Gasteiger partial charge in [-0.25, -0.2) is 4.98 Å². The van der Waals surface area contributed by atoms with Crippen LogP contribution in [-0.4, -0.2) is 21.6 Å². The fourth-order valence-electron chi connectivity index (χ4n) is 5.44. The van der Waals surface area contributed by atoms with Crippen LogP contribution in [-0.2, 0) is 22.5 Å². The summed E-state index contributed by atoms with van der Waals surface area (Å²) in [6.45, 7) is 0.865. The van der Waals surface area contributed by atoms with Crippen LogP contribution in [0.1, 0.15) is 62.5 Å². The Kier molecular flexibility index (Phi) is 6.04. The number of rotatable bonds is 6. The van der Waals surface area contributed by atoms with E-state index in [0.717, 1.165) is 37.1 Å². The number of hydrogen-bond acceptors (Lipinski definition) is 4. The number of benzene rings is 1. The van der Waals surface area contributed by atoms with Crippen LogP contribution in [0.3, 0.4) is 0 Å². The molecule has 6 nitrogen and oxygen atoms in total. The second kappa shape index (κ2) is 9.27. The Morgan fingerprint density at radius 3 is 2.85 bits per heavy atom. The van der Waals surface area contributed by atoms with Gasteiger partial charge in [-0.05, 0) is 73.3 Å². The van der Waals surface area contributed by atoms with E-state index in [1.54, 1.807) is 12.3 Å². The molecule has 1 unspecified atom stereocenters. The van der Waals surface area contributed by atoms with Crippen LogP contribution in [0, 0.1) is 16.7 Å². The Labute approximate surface area is 195 Å². The molecule has 0 saturated heterocycles. The van der Waals surface area contributed by atoms with Crippen molar-refractivity contribution < 1.29 is 9.53 Å². The van der Waals surface area contributed by atoms with Crippen molar-refractivity contribution in [3.05, 3.63) is 66.0 Å². The molecule has 0 radical (unpaired) electrons. The molecular weight excluding hydrogens is 412 g/mol. The SMILES string of the molecule is N#CC1CC=C(C(=O)Nc2ccc(CCn3ccnc3)cc2C2=CCC3(CCCC3)CC2)O1. The van der Waals surface area contributed by atoms with Crippen molar-refractivity contribution in [1.82, 2.24) is 9.55 Å². The van der Waals surface area contributed by atoms with E-state index in [9.17, 15) is 4.79 Å². The lowest BCUT2D eigenvalue weighted by atomic mass is 9.72. The molecule has 33 heavy (non-hydrogen) atoms. The standard InChI is InChI=1S/C27H30N4O2/c28-18-22-4-6-25(33-22)26(32)30-24-5-3-20(9-15-31-16-14-29-19-31)17-23(24)21-7-12-27(13-8-21)10-1-2-11-27/h3,5-7,14,16-17,19,22H,1-2,4,8-13,15H2,(H,30,32). The van der Waals surface area contributed by atoms with E-state index in [-0.39, 0.29) is 11.7 Å². The number of nitriles is 1. The summed E-state index contributed by atoms with van der Waals surface area (Å²) < 4.78 is 7.54. The molecule has 2 heterocycles. The molecule has 3 aliphatic rings. The molecule has 1 fully saturated rings. The number of ether oxygens (including phenoxy) is 1. The molecule has 0 bridgehead atoms. The van der Waals surface area contributed by atoms with E-state index in [2.05, 4.69) is 39.1 Å². The number of amides is 1. The van der Waals surface area contributed by atoms with E-state index in [4.69, 9.17) is 10.00 Å². The lowest BCUT2D eigenvalue weighted by molar-refractivity contribution is -0.116. The number of anilines is 1. The number of carbonyl (C=O) groups excluding carboxylic acids is 1. The highest BCUT2D eigenvalue weighted by atomic mass is 16.5. The molecule has 1 amide bonds. The minimum atomic E-state index is -0.570. The third-order valence-electron chi connectivity index (χ3n) is 7.42. The first-order chi connectivity index (χ1) is 16.1. The summed E-state index contributed by atoms with van der Waals surface area (Å²) in [6.07, 6.45) is 19.3. The first-order valence-corrected chi connectivity index (χ1v) is 12.0. The summed E-state index contributed by atoms with van der Waals surface area (Å²) in [5.41, 5.74) is 4.98. The molecule has 1 saturated carbocycles. The number of aromatic nitrogens is 2. The monoisotopic (exact) mass is 442 g/mol. The summed E-state index contributed by atoms with van der Waals surface area (Å²) >= 11 is 0. The van der Waals surface area contributed by atoms with Gasteiger partial charge < -0.3 is 14.6 Å². The lowest BCUT2D eigenvalue weighted by Crippen LogP contribution is -2.20. The molecule has 5 rings (SSSR count). The zero-order chi connectivity index (χ0) is 22.7. The van der Waals surface area contributed by atoms with Gasteiger partial charge in [0.15, 0.2) is 11.9 Å². The number of nitrogens with one attached hydrogen (secondary N) is 1. The zero-order valence-corrected chi connectivity index (χ0v) is 18.9. The minimum Gasteiger partial charge on any atom is -0.470 e. The van der Waals surface area contributed by atoms with Crippen molar-refractivity contribution in [2.24, 2.45) is 5.41 Å². The first kappa shape index (κ1) is 21.5. The zero-order valence-electron chi connectivity index (χ0n) is 18.9. The molecular formula is C27H30N4O2. The van der Waals surface area contributed by atoms with Crippen LogP contribution in [0.5, 0.6) is 0 Å². The molecule has 6 heteroatoms. The van der Waals surface area contributed by atoms with Crippen LogP contribution < -0.4 is 5.32 Å². The Morgan fingerprint density at radius 2 is 2.15 bits per heavy atom. The second-order valence-corrected chi connectivity index (χ2v) is 9.56. The van der Waals surface area contributed by atoms with E-state index >= 15 is 0 Å². The summed E-state index contributed by atoms with van der Waals surface area (Å²) in [4.78, 5) is 17.0. The van der Waals surface area contributed by atoms with Gasteiger partial charge in [-0.3, -0.25) is 4.79 Å². The van der Waals surface area contributed by atoms with Gasteiger partial charge in [0.05, 0.1) is 6.33 Å². The number of allylic oxidation sites excluding steroid dienone is 2. The van der Waals surface area contributed by atoms with Gasteiger partial charge in [0.25, 0.3) is 5.91 Å². The van der Waals surface area contributed by atoms with Crippen LogP contribution in [0.15, 0.2) is 54.8 Å². The van der Waals surface area contributed by atoms with Crippen molar-refractivity contribution in [1.29, 1.82) is 5.26 Å². The van der Waals surface area contributed by atoms with E-state index in [1.165, 1.54) is 43.2 Å². The van der Waals surface area contributed by atoms with Crippen molar-refractivity contribution in [2.75, 3.05) is 5.32 Å². The quantitative estimate of drug-likeness (QED) is 0.651. The average Bonchev–Trinajstić information content (AvgIpc) is 3.61. The van der Waals surface area contributed by atoms with Gasteiger partial charge in [-0.2, -0.15) is 5.26 Å². The van der Waals surface area contributed by atoms with Crippen LogP contribution in [0.2, 0.25) is 0 Å². The van der Waals surface area contributed by atoms with Gasteiger partial charge in [-0.1, -0.05) is 25.0 Å².